The molecule has 0 saturated carbocycles. The van der Waals surface area contributed by atoms with E-state index in [4.69, 9.17) is 9.15 Å². The van der Waals surface area contributed by atoms with Gasteiger partial charge in [0.2, 0.25) is 0 Å². The van der Waals surface area contributed by atoms with E-state index in [-0.39, 0.29) is 5.91 Å². The Morgan fingerprint density at radius 1 is 1.27 bits per heavy atom. The van der Waals surface area contributed by atoms with Crippen LogP contribution in [0.2, 0.25) is 0 Å². The highest BCUT2D eigenvalue weighted by molar-refractivity contribution is 7.09. The molecular formula is C19H18N2O4S. The molecule has 0 aliphatic rings. The van der Waals surface area contributed by atoms with Crippen LogP contribution in [0.15, 0.2) is 46.4 Å². The standard InChI is InChI=1S/C19H18N2O4S/c1-12-11-26-17(20-12)10-21(2)18(22)14-7-13(16-5-4-6-25-16)8-15(9-14)19(23)24-3/h4-9,11H,10H2,1-3H3. The number of furan rings is 1. The van der Waals surface area contributed by atoms with Crippen LogP contribution in [0.4, 0.5) is 0 Å². The van der Waals surface area contributed by atoms with Crippen molar-refractivity contribution >= 4 is 23.2 Å². The van der Waals surface area contributed by atoms with E-state index in [0.717, 1.165) is 10.7 Å². The van der Waals surface area contributed by atoms with Gasteiger partial charge < -0.3 is 14.1 Å². The molecule has 3 rings (SSSR count). The summed E-state index contributed by atoms with van der Waals surface area (Å²) in [5, 5.41) is 2.80. The van der Waals surface area contributed by atoms with Crippen LogP contribution >= 0.6 is 11.3 Å². The highest BCUT2D eigenvalue weighted by atomic mass is 32.1. The quantitative estimate of drug-likeness (QED) is 0.639. The third-order valence-corrected chi connectivity index (χ3v) is 4.74. The van der Waals surface area contributed by atoms with E-state index < -0.39 is 5.97 Å². The van der Waals surface area contributed by atoms with Gasteiger partial charge >= 0.3 is 5.97 Å². The molecule has 0 atom stereocenters. The maximum Gasteiger partial charge on any atom is 0.337 e. The summed E-state index contributed by atoms with van der Waals surface area (Å²) >= 11 is 1.51. The molecule has 0 bridgehead atoms. The smallest absolute Gasteiger partial charge is 0.337 e. The SMILES string of the molecule is COC(=O)c1cc(C(=O)N(C)Cc2nc(C)cs2)cc(-c2ccco2)c1. The molecule has 7 heteroatoms. The molecule has 2 aromatic heterocycles. The number of carbonyl (C=O) groups is 2. The van der Waals surface area contributed by atoms with Crippen LogP contribution < -0.4 is 0 Å². The van der Waals surface area contributed by atoms with Crippen molar-refractivity contribution in [3.63, 3.8) is 0 Å². The molecule has 134 valence electrons. The predicted octanol–water partition coefficient (Wildman–Crippen LogP) is 3.77. The topological polar surface area (TPSA) is 72.6 Å². The first-order chi connectivity index (χ1) is 12.5. The average molecular weight is 370 g/mol. The molecule has 1 aromatic carbocycles. The molecule has 0 aliphatic heterocycles. The van der Waals surface area contributed by atoms with E-state index in [1.807, 2.05) is 12.3 Å². The van der Waals surface area contributed by atoms with Gasteiger partial charge in [-0.05, 0) is 37.3 Å². The zero-order chi connectivity index (χ0) is 18.7. The summed E-state index contributed by atoms with van der Waals surface area (Å²) in [5.41, 5.74) is 2.25. The fourth-order valence-corrected chi connectivity index (χ4v) is 3.37. The zero-order valence-electron chi connectivity index (χ0n) is 14.7. The lowest BCUT2D eigenvalue weighted by molar-refractivity contribution is 0.0600. The molecule has 6 nitrogen and oxygen atoms in total. The van der Waals surface area contributed by atoms with Crippen molar-refractivity contribution in [2.75, 3.05) is 14.2 Å². The van der Waals surface area contributed by atoms with Crippen molar-refractivity contribution in [3.05, 3.63) is 63.8 Å². The Morgan fingerprint density at radius 2 is 2.04 bits per heavy atom. The highest BCUT2D eigenvalue weighted by Gasteiger charge is 2.18. The number of aryl methyl sites for hydroxylation is 1. The Kier molecular flexibility index (Phi) is 5.18. The van der Waals surface area contributed by atoms with E-state index in [1.54, 1.807) is 42.5 Å². The highest BCUT2D eigenvalue weighted by Crippen LogP contribution is 2.24. The van der Waals surface area contributed by atoms with Crippen LogP contribution in [-0.4, -0.2) is 35.9 Å². The number of hydrogen-bond donors (Lipinski definition) is 0. The molecule has 0 unspecified atom stereocenters. The Bertz CT molecular complexity index is 931. The Hall–Kier alpha value is -2.93. The minimum atomic E-state index is -0.509. The van der Waals surface area contributed by atoms with Crippen LogP contribution in [0.25, 0.3) is 11.3 Å². The first-order valence-corrected chi connectivity index (χ1v) is 8.79. The first kappa shape index (κ1) is 17.9. The number of methoxy groups -OCH3 is 1. The molecule has 1 amide bonds. The lowest BCUT2D eigenvalue weighted by Gasteiger charge is -2.17. The van der Waals surface area contributed by atoms with Gasteiger partial charge in [0.15, 0.2) is 0 Å². The molecule has 0 N–H and O–H groups in total. The molecule has 2 heterocycles. The van der Waals surface area contributed by atoms with Crippen LogP contribution in [-0.2, 0) is 11.3 Å². The van der Waals surface area contributed by atoms with Crippen LogP contribution in [0.5, 0.6) is 0 Å². The van der Waals surface area contributed by atoms with Gasteiger partial charge in [0.25, 0.3) is 5.91 Å². The second-order valence-corrected chi connectivity index (χ2v) is 6.75. The predicted molar refractivity (Wildman–Crippen MR) is 98.1 cm³/mol. The summed E-state index contributed by atoms with van der Waals surface area (Å²) in [4.78, 5) is 30.8. The minimum Gasteiger partial charge on any atom is -0.465 e. The number of amides is 1. The van der Waals surface area contributed by atoms with E-state index in [0.29, 0.717) is 29.0 Å². The summed E-state index contributed by atoms with van der Waals surface area (Å²) in [6, 6.07) is 8.40. The number of carbonyl (C=O) groups excluding carboxylic acids is 2. The molecule has 0 radical (unpaired) electrons. The Labute approximate surface area is 155 Å². The van der Waals surface area contributed by atoms with Crippen LogP contribution in [0.3, 0.4) is 0 Å². The summed E-state index contributed by atoms with van der Waals surface area (Å²) in [6.45, 7) is 2.31. The molecule has 3 aromatic rings. The number of esters is 1. The Balaban J connectivity index is 1.93. The van der Waals surface area contributed by atoms with Gasteiger partial charge in [0.05, 0.1) is 25.5 Å². The Morgan fingerprint density at radius 3 is 2.65 bits per heavy atom. The number of nitrogens with zero attached hydrogens (tertiary/aromatic N) is 2. The van der Waals surface area contributed by atoms with Gasteiger partial charge in [-0.2, -0.15) is 0 Å². The number of benzene rings is 1. The lowest BCUT2D eigenvalue weighted by atomic mass is 10.0. The fraction of sp³-hybridized carbons (Fsp3) is 0.211. The molecular weight excluding hydrogens is 352 g/mol. The van der Waals surface area contributed by atoms with Gasteiger partial charge in [-0.15, -0.1) is 11.3 Å². The van der Waals surface area contributed by atoms with Crippen LogP contribution in [0.1, 0.15) is 31.4 Å². The van der Waals surface area contributed by atoms with Gasteiger partial charge in [-0.25, -0.2) is 9.78 Å². The van der Waals surface area contributed by atoms with Crippen LogP contribution in [0, 0.1) is 6.92 Å². The molecule has 26 heavy (non-hydrogen) atoms. The first-order valence-electron chi connectivity index (χ1n) is 7.91. The largest absolute Gasteiger partial charge is 0.465 e. The second kappa shape index (κ2) is 7.53. The summed E-state index contributed by atoms with van der Waals surface area (Å²) in [7, 11) is 3.01. The van der Waals surface area contributed by atoms with E-state index >= 15 is 0 Å². The third-order valence-electron chi connectivity index (χ3n) is 3.79. The van der Waals surface area contributed by atoms with E-state index in [1.165, 1.54) is 24.5 Å². The molecule has 0 saturated heterocycles. The van der Waals surface area contributed by atoms with Crippen molar-refractivity contribution in [3.8, 4) is 11.3 Å². The van der Waals surface area contributed by atoms with Crippen molar-refractivity contribution in [2.24, 2.45) is 0 Å². The number of rotatable bonds is 5. The zero-order valence-corrected chi connectivity index (χ0v) is 15.5. The number of hydrogen-bond acceptors (Lipinski definition) is 6. The minimum absolute atomic E-state index is 0.212. The maximum absolute atomic E-state index is 12.9. The summed E-state index contributed by atoms with van der Waals surface area (Å²) < 4.78 is 10.2. The fourth-order valence-electron chi connectivity index (χ4n) is 2.54. The average Bonchev–Trinajstić information content (AvgIpc) is 3.31. The number of ether oxygens (including phenoxy) is 1. The third kappa shape index (κ3) is 3.83. The van der Waals surface area contributed by atoms with Crippen molar-refractivity contribution < 1.29 is 18.7 Å². The lowest BCUT2D eigenvalue weighted by Crippen LogP contribution is -2.26. The maximum atomic E-state index is 12.9. The monoisotopic (exact) mass is 370 g/mol. The summed E-state index contributed by atoms with van der Waals surface area (Å²) in [6.07, 6.45) is 1.54. The number of aromatic nitrogens is 1. The molecule has 0 aliphatic carbocycles. The normalized spacial score (nSPS) is 10.6. The van der Waals surface area contributed by atoms with Gasteiger partial charge in [0.1, 0.15) is 10.8 Å². The molecule has 0 fully saturated rings. The van der Waals surface area contributed by atoms with Crippen molar-refractivity contribution in [1.82, 2.24) is 9.88 Å². The summed E-state index contributed by atoms with van der Waals surface area (Å²) in [5.74, 6) is -0.148. The van der Waals surface area contributed by atoms with Gasteiger partial charge in [-0.1, -0.05) is 0 Å². The van der Waals surface area contributed by atoms with Crippen molar-refractivity contribution in [1.29, 1.82) is 0 Å². The second-order valence-electron chi connectivity index (χ2n) is 5.81. The van der Waals surface area contributed by atoms with E-state index in [9.17, 15) is 9.59 Å². The van der Waals surface area contributed by atoms with E-state index in [2.05, 4.69) is 4.98 Å². The van der Waals surface area contributed by atoms with Gasteiger partial charge in [0, 0.05) is 29.2 Å². The number of thiazole rings is 1. The van der Waals surface area contributed by atoms with Crippen molar-refractivity contribution in [2.45, 2.75) is 13.5 Å². The van der Waals surface area contributed by atoms with Gasteiger partial charge in [-0.3, -0.25) is 4.79 Å². The molecule has 0 spiro atoms.